The molecule has 5 nitrogen and oxygen atoms in total. The number of imidazole rings is 1. The second kappa shape index (κ2) is 7.42. The molecule has 1 heterocycles. The largest absolute Gasteiger partial charge is 0.334 e. The van der Waals surface area contributed by atoms with Gasteiger partial charge in [-0.1, -0.05) is 53.9 Å². The van der Waals surface area contributed by atoms with Gasteiger partial charge in [-0.05, 0) is 18.2 Å². The number of hydrogen-bond acceptors (Lipinski definition) is 4. The van der Waals surface area contributed by atoms with Crippen LogP contribution in [0.5, 0.6) is 0 Å². The third-order valence-corrected chi connectivity index (χ3v) is 3.90. The molecule has 0 spiro atoms. The van der Waals surface area contributed by atoms with Gasteiger partial charge in [0.1, 0.15) is 11.5 Å². The van der Waals surface area contributed by atoms with Gasteiger partial charge >= 0.3 is 0 Å². The van der Waals surface area contributed by atoms with Gasteiger partial charge in [-0.3, -0.25) is 4.79 Å². The van der Waals surface area contributed by atoms with Gasteiger partial charge in [0.25, 0.3) is 5.91 Å². The van der Waals surface area contributed by atoms with Crippen molar-refractivity contribution in [2.24, 2.45) is 0 Å². The Kier molecular flexibility index (Phi) is 5.08. The first-order chi connectivity index (χ1) is 11.7. The van der Waals surface area contributed by atoms with Crippen molar-refractivity contribution >= 4 is 40.8 Å². The Labute approximate surface area is 149 Å². The monoisotopic (exact) mass is 358 g/mol. The van der Waals surface area contributed by atoms with Crippen LogP contribution in [0.3, 0.4) is 0 Å². The highest BCUT2D eigenvalue weighted by molar-refractivity contribution is 7.99. The number of aromatic amines is 1. The van der Waals surface area contributed by atoms with Gasteiger partial charge in [-0.25, -0.2) is 4.98 Å². The number of hydrogen-bond donors (Lipinski definition) is 3. The summed E-state index contributed by atoms with van der Waals surface area (Å²) in [6.07, 6.45) is 3.43. The number of benzene rings is 2. The lowest BCUT2D eigenvalue weighted by Crippen LogP contribution is -2.12. The summed E-state index contributed by atoms with van der Waals surface area (Å²) >= 11 is 7.53. The maximum Gasteiger partial charge on any atom is 0.273 e. The second-order valence-corrected chi connectivity index (χ2v) is 6.05. The summed E-state index contributed by atoms with van der Waals surface area (Å²) in [5.74, 6) is 0.374. The lowest BCUT2D eigenvalue weighted by Gasteiger charge is -2.08. The van der Waals surface area contributed by atoms with Gasteiger partial charge in [-0.2, -0.15) is 0 Å². The van der Waals surface area contributed by atoms with Crippen LogP contribution in [-0.4, -0.2) is 22.1 Å². The van der Waals surface area contributed by atoms with Crippen LogP contribution in [0.15, 0.2) is 54.7 Å². The van der Waals surface area contributed by atoms with Crippen molar-refractivity contribution in [2.75, 3.05) is 16.3 Å². The predicted octanol–water partition coefficient (Wildman–Crippen LogP) is 4.67. The highest BCUT2D eigenvalue weighted by Crippen LogP contribution is 2.24. The molecular formula is C17H15ClN4OS. The number of anilines is 2. The minimum atomic E-state index is -0.276. The Bertz CT molecular complexity index is 851. The Hall–Kier alpha value is -2.44. The van der Waals surface area contributed by atoms with Crippen LogP contribution in [0.4, 0.5) is 11.4 Å². The van der Waals surface area contributed by atoms with E-state index >= 15 is 0 Å². The Morgan fingerprint density at radius 2 is 1.92 bits per heavy atom. The molecule has 1 aromatic heterocycles. The molecular weight excluding hydrogens is 344 g/mol. The van der Waals surface area contributed by atoms with Crippen molar-refractivity contribution in [1.29, 1.82) is 0 Å². The lowest BCUT2D eigenvalue weighted by atomic mass is 10.2. The van der Waals surface area contributed by atoms with Gasteiger partial charge in [0, 0.05) is 28.2 Å². The Morgan fingerprint density at radius 3 is 2.67 bits per heavy atom. The van der Waals surface area contributed by atoms with Crippen molar-refractivity contribution in [2.45, 2.75) is 0 Å². The lowest BCUT2D eigenvalue weighted by molar-refractivity contribution is 0.102. The third kappa shape index (κ3) is 3.90. The Morgan fingerprint density at radius 1 is 1.17 bits per heavy atom. The molecule has 0 fully saturated rings. The van der Waals surface area contributed by atoms with Crippen LogP contribution in [-0.2, 0) is 0 Å². The summed E-state index contributed by atoms with van der Waals surface area (Å²) in [4.78, 5) is 19.7. The molecule has 0 radical (unpaired) electrons. The maximum atomic E-state index is 12.4. The van der Waals surface area contributed by atoms with E-state index in [9.17, 15) is 4.79 Å². The van der Waals surface area contributed by atoms with Crippen molar-refractivity contribution in [3.63, 3.8) is 0 Å². The van der Waals surface area contributed by atoms with Crippen LogP contribution >= 0.6 is 23.5 Å². The van der Waals surface area contributed by atoms with E-state index in [2.05, 4.69) is 20.0 Å². The van der Waals surface area contributed by atoms with Crippen LogP contribution in [0, 0.1) is 0 Å². The zero-order valence-electron chi connectivity index (χ0n) is 12.8. The van der Waals surface area contributed by atoms with E-state index in [-0.39, 0.29) is 5.91 Å². The van der Waals surface area contributed by atoms with Crippen molar-refractivity contribution < 1.29 is 4.79 Å². The molecule has 3 aromatic rings. The summed E-state index contributed by atoms with van der Waals surface area (Å²) in [6, 6.07) is 14.9. The van der Waals surface area contributed by atoms with Gasteiger partial charge in [0.2, 0.25) is 0 Å². The summed E-state index contributed by atoms with van der Waals surface area (Å²) in [7, 11) is 0. The van der Waals surface area contributed by atoms with E-state index in [4.69, 9.17) is 11.6 Å². The zero-order valence-corrected chi connectivity index (χ0v) is 14.4. The molecule has 0 saturated heterocycles. The van der Waals surface area contributed by atoms with Gasteiger partial charge < -0.3 is 15.0 Å². The normalized spacial score (nSPS) is 10.4. The topological polar surface area (TPSA) is 69.8 Å². The highest BCUT2D eigenvalue weighted by Gasteiger charge is 2.11. The number of nitrogens with one attached hydrogen (secondary N) is 3. The fourth-order valence-corrected chi connectivity index (χ4v) is 2.80. The minimum absolute atomic E-state index is 0.276. The van der Waals surface area contributed by atoms with Crippen molar-refractivity contribution in [3.05, 3.63) is 65.4 Å². The van der Waals surface area contributed by atoms with E-state index in [1.54, 1.807) is 12.1 Å². The first-order valence-electron chi connectivity index (χ1n) is 7.17. The molecule has 0 aliphatic rings. The van der Waals surface area contributed by atoms with E-state index in [1.165, 1.54) is 18.1 Å². The number of carbonyl (C=O) groups is 1. The number of H-pyrrole nitrogens is 1. The molecule has 1 amide bonds. The molecule has 24 heavy (non-hydrogen) atoms. The first kappa shape index (κ1) is 16.4. The fourth-order valence-electron chi connectivity index (χ4n) is 2.22. The SMILES string of the molecule is CSNc1cc(Cl)cc(NC(=O)c2cnc(-c3ccccc3)[nH]2)c1. The van der Waals surface area contributed by atoms with E-state index in [1.807, 2.05) is 42.7 Å². The zero-order chi connectivity index (χ0) is 16.9. The molecule has 2 aromatic carbocycles. The molecule has 122 valence electrons. The molecule has 0 aliphatic carbocycles. The minimum Gasteiger partial charge on any atom is -0.334 e. The summed E-state index contributed by atoms with van der Waals surface area (Å²) in [5, 5.41) is 3.36. The number of nitrogens with zero attached hydrogens (tertiary/aromatic N) is 1. The Balaban J connectivity index is 1.77. The highest BCUT2D eigenvalue weighted by atomic mass is 35.5. The van der Waals surface area contributed by atoms with Gasteiger partial charge in [-0.15, -0.1) is 0 Å². The molecule has 0 atom stereocenters. The molecule has 3 N–H and O–H groups in total. The predicted molar refractivity (Wildman–Crippen MR) is 101 cm³/mol. The van der Waals surface area contributed by atoms with Gasteiger partial charge in [0.05, 0.1) is 6.20 Å². The molecule has 0 bridgehead atoms. The average molecular weight is 359 g/mol. The molecule has 0 saturated carbocycles. The van der Waals surface area contributed by atoms with Crippen LogP contribution in [0.1, 0.15) is 10.5 Å². The number of halogens is 1. The summed E-state index contributed by atoms with van der Waals surface area (Å²) in [6.45, 7) is 0. The molecule has 3 rings (SSSR count). The van der Waals surface area contributed by atoms with E-state index < -0.39 is 0 Å². The number of carbonyl (C=O) groups excluding carboxylic acids is 1. The summed E-state index contributed by atoms with van der Waals surface area (Å²) < 4.78 is 3.09. The van der Waals surface area contributed by atoms with Crippen molar-refractivity contribution in [1.82, 2.24) is 9.97 Å². The third-order valence-electron chi connectivity index (χ3n) is 3.24. The smallest absolute Gasteiger partial charge is 0.273 e. The molecule has 7 heteroatoms. The molecule has 0 aliphatic heterocycles. The summed E-state index contributed by atoms with van der Waals surface area (Å²) in [5.41, 5.74) is 2.73. The number of aromatic nitrogens is 2. The van der Waals surface area contributed by atoms with Crippen LogP contribution in [0.25, 0.3) is 11.4 Å². The van der Waals surface area contributed by atoms with Crippen LogP contribution in [0.2, 0.25) is 5.02 Å². The van der Waals surface area contributed by atoms with Crippen LogP contribution < -0.4 is 10.0 Å². The number of rotatable bonds is 5. The van der Waals surface area contributed by atoms with E-state index in [0.29, 0.717) is 22.2 Å². The standard InChI is InChI=1S/C17H15ClN4OS/c1-24-22-14-8-12(18)7-13(9-14)20-17(23)15-10-19-16(21-15)11-5-3-2-4-6-11/h2-10,22H,1H3,(H,19,21)(H,20,23). The average Bonchev–Trinajstić information content (AvgIpc) is 3.05. The second-order valence-electron chi connectivity index (χ2n) is 5.00. The van der Waals surface area contributed by atoms with Crippen molar-refractivity contribution in [3.8, 4) is 11.4 Å². The van der Waals surface area contributed by atoms with Gasteiger partial charge in [0.15, 0.2) is 0 Å². The maximum absolute atomic E-state index is 12.4. The van der Waals surface area contributed by atoms with E-state index in [0.717, 1.165) is 11.3 Å². The number of amides is 1. The fraction of sp³-hybridized carbons (Fsp3) is 0.0588. The first-order valence-corrected chi connectivity index (χ1v) is 8.77. The molecule has 0 unspecified atom stereocenters. The quantitative estimate of drug-likeness (QED) is 0.579.